The predicted molar refractivity (Wildman–Crippen MR) is 67.2 cm³/mol. The average Bonchev–Trinajstić information content (AvgIpc) is 2.26. The van der Waals surface area contributed by atoms with E-state index in [4.69, 9.17) is 4.74 Å². The van der Waals surface area contributed by atoms with E-state index in [2.05, 4.69) is 15.9 Å². The van der Waals surface area contributed by atoms with E-state index in [0.29, 0.717) is 6.07 Å². The maximum atomic E-state index is 13.0. The van der Waals surface area contributed by atoms with E-state index in [9.17, 15) is 18.9 Å². The topological polar surface area (TPSA) is 52.4 Å². The fourth-order valence-electron chi connectivity index (χ4n) is 1.47. The van der Waals surface area contributed by atoms with E-state index in [1.165, 1.54) is 18.2 Å². The van der Waals surface area contributed by atoms with Gasteiger partial charge in [0.25, 0.3) is 0 Å². The Morgan fingerprint density at radius 1 is 1.16 bits per heavy atom. The minimum Gasteiger partial charge on any atom is -0.450 e. The van der Waals surface area contributed by atoms with E-state index in [1.54, 1.807) is 0 Å². The molecule has 0 radical (unpaired) electrons. The van der Waals surface area contributed by atoms with E-state index in [-0.39, 0.29) is 21.7 Å². The normalized spacial score (nSPS) is 10.3. The summed E-state index contributed by atoms with van der Waals surface area (Å²) in [7, 11) is 0. The van der Waals surface area contributed by atoms with Gasteiger partial charge in [-0.1, -0.05) is 6.07 Å². The Kier molecular flexibility index (Phi) is 3.75. The Labute approximate surface area is 114 Å². The molecule has 4 nitrogen and oxygen atoms in total. The molecule has 0 heterocycles. The maximum absolute atomic E-state index is 13.0. The van der Waals surface area contributed by atoms with Crippen LogP contribution in [0.15, 0.2) is 40.9 Å². The summed E-state index contributed by atoms with van der Waals surface area (Å²) in [6.07, 6.45) is 0. The van der Waals surface area contributed by atoms with Crippen LogP contribution in [-0.4, -0.2) is 4.92 Å². The summed E-state index contributed by atoms with van der Waals surface area (Å²) in [5.41, 5.74) is -0.313. The molecule has 0 N–H and O–H groups in total. The zero-order valence-corrected chi connectivity index (χ0v) is 10.9. The number of halogens is 3. The fourth-order valence-corrected chi connectivity index (χ4v) is 1.96. The number of hydrogen-bond donors (Lipinski definition) is 0. The van der Waals surface area contributed by atoms with Crippen molar-refractivity contribution in [1.82, 2.24) is 0 Å². The lowest BCUT2D eigenvalue weighted by molar-refractivity contribution is -0.386. The van der Waals surface area contributed by atoms with Gasteiger partial charge >= 0.3 is 5.69 Å². The van der Waals surface area contributed by atoms with Crippen molar-refractivity contribution >= 4 is 21.6 Å². The summed E-state index contributed by atoms with van der Waals surface area (Å²) >= 11 is 3.02. The van der Waals surface area contributed by atoms with Gasteiger partial charge in [-0.15, -0.1) is 0 Å². The van der Waals surface area contributed by atoms with Gasteiger partial charge in [0, 0.05) is 18.2 Å². The molecular formula is C12H6BrF2NO3. The molecule has 0 aliphatic rings. The Morgan fingerprint density at radius 3 is 2.37 bits per heavy atom. The summed E-state index contributed by atoms with van der Waals surface area (Å²) in [6.45, 7) is 0. The van der Waals surface area contributed by atoms with Crippen molar-refractivity contribution < 1.29 is 18.4 Å². The number of rotatable bonds is 3. The van der Waals surface area contributed by atoms with Crippen LogP contribution in [0.5, 0.6) is 11.5 Å². The van der Waals surface area contributed by atoms with E-state index in [1.807, 2.05) is 0 Å². The minimum absolute atomic E-state index is 0.107. The monoisotopic (exact) mass is 329 g/mol. The van der Waals surface area contributed by atoms with E-state index in [0.717, 1.165) is 12.1 Å². The molecule has 0 aliphatic heterocycles. The van der Waals surface area contributed by atoms with Gasteiger partial charge < -0.3 is 4.74 Å². The van der Waals surface area contributed by atoms with Crippen molar-refractivity contribution in [3.05, 3.63) is 62.6 Å². The second-order valence-electron chi connectivity index (χ2n) is 3.55. The minimum atomic E-state index is -0.826. The predicted octanol–water partition coefficient (Wildman–Crippen LogP) is 4.43. The molecule has 0 aliphatic carbocycles. The van der Waals surface area contributed by atoms with Gasteiger partial charge in [0.1, 0.15) is 17.4 Å². The van der Waals surface area contributed by atoms with Gasteiger partial charge in [-0.05, 0) is 28.1 Å². The highest BCUT2D eigenvalue weighted by molar-refractivity contribution is 9.10. The lowest BCUT2D eigenvalue weighted by atomic mass is 10.3. The van der Waals surface area contributed by atoms with Gasteiger partial charge in [0.05, 0.1) is 9.40 Å². The van der Waals surface area contributed by atoms with Gasteiger partial charge in [0.2, 0.25) is 5.75 Å². The molecule has 0 unspecified atom stereocenters. The van der Waals surface area contributed by atoms with Crippen molar-refractivity contribution in [2.75, 3.05) is 0 Å². The summed E-state index contributed by atoms with van der Waals surface area (Å²) in [5, 5.41) is 10.9. The molecule has 0 amide bonds. The average molecular weight is 330 g/mol. The molecule has 2 aromatic rings. The first-order valence-electron chi connectivity index (χ1n) is 5.04. The van der Waals surface area contributed by atoms with Crippen molar-refractivity contribution in [1.29, 1.82) is 0 Å². The smallest absolute Gasteiger partial charge is 0.325 e. The van der Waals surface area contributed by atoms with Gasteiger partial charge in [-0.2, -0.15) is 0 Å². The lowest BCUT2D eigenvalue weighted by Gasteiger charge is -2.07. The van der Waals surface area contributed by atoms with Crippen molar-refractivity contribution in [2.45, 2.75) is 0 Å². The van der Waals surface area contributed by atoms with E-state index >= 15 is 0 Å². The summed E-state index contributed by atoms with van der Waals surface area (Å²) in [4.78, 5) is 10.3. The number of hydrogen-bond acceptors (Lipinski definition) is 3. The third-order valence-corrected chi connectivity index (χ3v) is 2.84. The highest BCUT2D eigenvalue weighted by Crippen LogP contribution is 2.37. The first-order valence-corrected chi connectivity index (χ1v) is 5.83. The molecule has 0 saturated heterocycles. The summed E-state index contributed by atoms with van der Waals surface area (Å²) in [6, 6.07) is 6.88. The number of benzene rings is 2. The van der Waals surface area contributed by atoms with Gasteiger partial charge in [0.15, 0.2) is 0 Å². The highest BCUT2D eigenvalue weighted by Gasteiger charge is 2.20. The fraction of sp³-hybridized carbons (Fsp3) is 0. The second kappa shape index (κ2) is 5.31. The molecule has 19 heavy (non-hydrogen) atoms. The number of nitro benzene ring substituents is 1. The molecule has 0 aromatic heterocycles. The molecule has 0 bridgehead atoms. The van der Waals surface area contributed by atoms with Crippen molar-refractivity contribution in [3.63, 3.8) is 0 Å². The number of nitro groups is 1. The molecule has 2 aromatic carbocycles. The zero-order chi connectivity index (χ0) is 14.0. The number of ether oxygens (including phenoxy) is 1. The molecular weight excluding hydrogens is 324 g/mol. The van der Waals surface area contributed by atoms with Crippen molar-refractivity contribution in [3.8, 4) is 11.5 Å². The molecule has 7 heteroatoms. The van der Waals surface area contributed by atoms with Crippen LogP contribution in [0.3, 0.4) is 0 Å². The van der Waals surface area contributed by atoms with E-state index < -0.39 is 16.6 Å². The Hall–Kier alpha value is -2.02. The molecule has 2 rings (SSSR count). The Balaban J connectivity index is 2.43. The molecule has 0 saturated carbocycles. The maximum Gasteiger partial charge on any atom is 0.325 e. The van der Waals surface area contributed by atoms with Crippen molar-refractivity contribution in [2.24, 2.45) is 0 Å². The standard InChI is InChI=1S/C12H6BrF2NO3/c13-10-2-1-3-11(12(10)16(17)18)19-9-5-7(14)4-8(15)6-9/h1-6H. The van der Waals surface area contributed by atoms with Crippen LogP contribution in [-0.2, 0) is 0 Å². The van der Waals surface area contributed by atoms with Crippen LogP contribution in [0.25, 0.3) is 0 Å². The zero-order valence-electron chi connectivity index (χ0n) is 9.27. The number of nitrogens with zero attached hydrogens (tertiary/aromatic N) is 1. The van der Waals surface area contributed by atoms with Gasteiger partial charge in [-0.3, -0.25) is 10.1 Å². The number of para-hydroxylation sites is 1. The first kappa shape index (κ1) is 13.4. The largest absolute Gasteiger partial charge is 0.450 e. The van der Waals surface area contributed by atoms with Crippen LogP contribution < -0.4 is 4.74 Å². The van der Waals surface area contributed by atoms with Crippen LogP contribution in [0.4, 0.5) is 14.5 Å². The SMILES string of the molecule is O=[N+]([O-])c1c(Br)cccc1Oc1cc(F)cc(F)c1. The molecule has 0 spiro atoms. The third kappa shape index (κ3) is 3.05. The quantitative estimate of drug-likeness (QED) is 0.618. The summed E-state index contributed by atoms with van der Waals surface area (Å²) < 4.78 is 31.4. The third-order valence-electron chi connectivity index (χ3n) is 2.20. The Morgan fingerprint density at radius 2 is 1.79 bits per heavy atom. The van der Waals surface area contributed by atoms with Crippen LogP contribution in [0.2, 0.25) is 0 Å². The second-order valence-corrected chi connectivity index (χ2v) is 4.41. The Bertz CT molecular complexity index is 629. The highest BCUT2D eigenvalue weighted by atomic mass is 79.9. The molecule has 98 valence electrons. The van der Waals surface area contributed by atoms with Crippen LogP contribution in [0, 0.1) is 21.7 Å². The lowest BCUT2D eigenvalue weighted by Crippen LogP contribution is -1.95. The molecule has 0 atom stereocenters. The summed E-state index contributed by atoms with van der Waals surface area (Å²) in [5.74, 6) is -1.91. The van der Waals surface area contributed by atoms with Gasteiger partial charge in [-0.25, -0.2) is 8.78 Å². The van der Waals surface area contributed by atoms with Crippen LogP contribution in [0.1, 0.15) is 0 Å². The van der Waals surface area contributed by atoms with Crippen LogP contribution >= 0.6 is 15.9 Å². The first-order chi connectivity index (χ1) is 8.97. The molecule has 0 fully saturated rings.